The summed E-state index contributed by atoms with van der Waals surface area (Å²) >= 11 is 4.56. The number of carbonyl (C=O) groups is 1. The minimum Gasteiger partial charge on any atom is -0.411 e. The Morgan fingerprint density at radius 3 is 2.54 bits per heavy atom. The van der Waals surface area contributed by atoms with E-state index in [4.69, 9.17) is 4.42 Å². The van der Waals surface area contributed by atoms with Gasteiger partial charge in [-0.15, -0.1) is 10.2 Å². The van der Waals surface area contributed by atoms with Crippen molar-refractivity contribution >= 4 is 49.2 Å². The highest BCUT2D eigenvalue weighted by molar-refractivity contribution is 9.10. The molecular formula is C18H16BrN3O4S2. The zero-order valence-corrected chi connectivity index (χ0v) is 18.1. The molecule has 0 saturated heterocycles. The van der Waals surface area contributed by atoms with Gasteiger partial charge in [-0.3, -0.25) is 9.52 Å². The first kappa shape index (κ1) is 20.6. The summed E-state index contributed by atoms with van der Waals surface area (Å²) in [6.07, 6.45) is 1.07. The van der Waals surface area contributed by atoms with Gasteiger partial charge in [0, 0.05) is 21.3 Å². The van der Waals surface area contributed by atoms with Crippen molar-refractivity contribution < 1.29 is 17.6 Å². The van der Waals surface area contributed by atoms with Crippen LogP contribution in [0.1, 0.15) is 17.3 Å². The second kappa shape index (κ2) is 8.46. The van der Waals surface area contributed by atoms with Gasteiger partial charge in [0.25, 0.3) is 5.22 Å². The lowest BCUT2D eigenvalue weighted by Gasteiger charge is -2.09. The van der Waals surface area contributed by atoms with Crippen molar-refractivity contribution in [1.82, 2.24) is 10.2 Å². The fourth-order valence-electron chi connectivity index (χ4n) is 2.35. The monoisotopic (exact) mass is 481 g/mol. The Bertz CT molecular complexity index is 1100. The number of Topliss-reactive ketones (excluding diaryl/α,β-unsaturated/α-hetero) is 1. The van der Waals surface area contributed by atoms with Crippen LogP contribution in [0.3, 0.4) is 0 Å². The van der Waals surface area contributed by atoms with Gasteiger partial charge in [-0.25, -0.2) is 8.42 Å². The van der Waals surface area contributed by atoms with Crippen molar-refractivity contribution in [3.05, 3.63) is 58.6 Å². The number of anilines is 1. The fourth-order valence-corrected chi connectivity index (χ4v) is 4.08. The molecule has 7 nitrogen and oxygen atoms in total. The second-order valence-corrected chi connectivity index (χ2v) is 9.92. The summed E-state index contributed by atoms with van der Waals surface area (Å²) in [6, 6.07) is 13.7. The molecular weight excluding hydrogens is 466 g/mol. The van der Waals surface area contributed by atoms with Crippen LogP contribution in [0.5, 0.6) is 0 Å². The molecule has 0 saturated carbocycles. The van der Waals surface area contributed by atoms with Crippen molar-refractivity contribution in [2.75, 3.05) is 11.0 Å². The summed E-state index contributed by atoms with van der Waals surface area (Å²) in [6.45, 7) is 1.75. The minimum atomic E-state index is -3.36. The Balaban J connectivity index is 1.67. The number of nitrogens with zero attached hydrogens (tertiary/aromatic N) is 2. The maximum absolute atomic E-state index is 12.6. The maximum atomic E-state index is 12.6. The van der Waals surface area contributed by atoms with E-state index in [1.54, 1.807) is 31.2 Å². The van der Waals surface area contributed by atoms with Crippen molar-refractivity contribution in [2.45, 2.75) is 17.4 Å². The molecule has 0 bridgehead atoms. The topological polar surface area (TPSA) is 102 Å². The van der Waals surface area contributed by atoms with Crippen LogP contribution in [0.2, 0.25) is 0 Å². The first-order valence-corrected chi connectivity index (χ1v) is 11.7. The first-order chi connectivity index (χ1) is 13.2. The number of sulfonamides is 1. The van der Waals surface area contributed by atoms with Gasteiger partial charge in [0.1, 0.15) is 0 Å². The van der Waals surface area contributed by atoms with E-state index in [2.05, 4.69) is 30.8 Å². The van der Waals surface area contributed by atoms with Gasteiger partial charge in [0.15, 0.2) is 5.78 Å². The number of nitrogens with one attached hydrogen (secondary N) is 1. The predicted molar refractivity (Wildman–Crippen MR) is 112 cm³/mol. The van der Waals surface area contributed by atoms with E-state index < -0.39 is 15.3 Å². The van der Waals surface area contributed by atoms with E-state index in [1.165, 1.54) is 11.8 Å². The second-order valence-electron chi connectivity index (χ2n) is 5.96. The molecule has 0 aliphatic rings. The van der Waals surface area contributed by atoms with Crippen molar-refractivity contribution in [2.24, 2.45) is 0 Å². The molecule has 1 heterocycles. The predicted octanol–water partition coefficient (Wildman–Crippen LogP) is 4.23. The summed E-state index contributed by atoms with van der Waals surface area (Å²) in [7, 11) is -3.36. The Kier molecular flexibility index (Phi) is 6.21. The van der Waals surface area contributed by atoms with Crippen LogP contribution >= 0.6 is 27.7 Å². The van der Waals surface area contributed by atoms with Gasteiger partial charge in [-0.05, 0) is 49.4 Å². The normalized spacial score (nSPS) is 12.5. The smallest absolute Gasteiger partial charge is 0.277 e. The number of carbonyl (C=O) groups excluding carboxylic acids is 1. The Hall–Kier alpha value is -2.17. The van der Waals surface area contributed by atoms with Crippen LogP contribution in [-0.4, -0.2) is 35.9 Å². The summed E-state index contributed by atoms with van der Waals surface area (Å²) < 4.78 is 31.4. The molecule has 146 valence electrons. The number of halogens is 1. The molecule has 0 aliphatic carbocycles. The van der Waals surface area contributed by atoms with Gasteiger partial charge in [0.2, 0.25) is 15.9 Å². The lowest BCUT2D eigenvalue weighted by atomic mass is 10.1. The standard InChI is InChI=1S/C18H16BrN3O4S2/c1-11(16(23)12-6-8-15(9-7-12)22-28(2,24)25)27-18-21-20-17(26-18)13-4-3-5-14(19)10-13/h3-11,22H,1-2H3/t11-/m1/s1. The Labute approximate surface area is 175 Å². The van der Waals surface area contributed by atoms with Gasteiger partial charge in [0.05, 0.1) is 11.5 Å². The summed E-state index contributed by atoms with van der Waals surface area (Å²) in [5, 5.41) is 7.86. The van der Waals surface area contributed by atoms with Crippen molar-refractivity contribution in [3.63, 3.8) is 0 Å². The molecule has 0 spiro atoms. The van der Waals surface area contributed by atoms with Gasteiger partial charge in [-0.2, -0.15) is 0 Å². The van der Waals surface area contributed by atoms with E-state index in [0.29, 0.717) is 22.4 Å². The third-order valence-corrected chi connectivity index (χ3v) is 5.63. The molecule has 1 N–H and O–H groups in total. The average Bonchev–Trinajstić information content (AvgIpc) is 3.09. The number of ketones is 1. The number of hydrogen-bond acceptors (Lipinski definition) is 7. The molecule has 2 aromatic carbocycles. The largest absolute Gasteiger partial charge is 0.411 e. The van der Waals surface area contributed by atoms with E-state index in [-0.39, 0.29) is 5.78 Å². The maximum Gasteiger partial charge on any atom is 0.277 e. The van der Waals surface area contributed by atoms with Crippen LogP contribution in [0, 0.1) is 0 Å². The number of hydrogen-bond donors (Lipinski definition) is 1. The lowest BCUT2D eigenvalue weighted by Crippen LogP contribution is -2.14. The molecule has 1 atom stereocenters. The molecule has 0 fully saturated rings. The van der Waals surface area contributed by atoms with Crippen LogP contribution in [-0.2, 0) is 10.0 Å². The van der Waals surface area contributed by atoms with Crippen LogP contribution in [0.25, 0.3) is 11.5 Å². The van der Waals surface area contributed by atoms with Crippen molar-refractivity contribution in [1.29, 1.82) is 0 Å². The quantitative estimate of drug-likeness (QED) is 0.397. The van der Waals surface area contributed by atoms with E-state index in [0.717, 1.165) is 16.3 Å². The zero-order valence-electron chi connectivity index (χ0n) is 14.9. The molecule has 0 amide bonds. The van der Waals surface area contributed by atoms with Crippen LogP contribution in [0.4, 0.5) is 5.69 Å². The number of benzene rings is 2. The molecule has 28 heavy (non-hydrogen) atoms. The molecule has 10 heteroatoms. The highest BCUT2D eigenvalue weighted by Gasteiger charge is 2.20. The number of aromatic nitrogens is 2. The summed E-state index contributed by atoms with van der Waals surface area (Å²) in [5.74, 6) is 0.248. The third-order valence-electron chi connectivity index (χ3n) is 3.60. The van der Waals surface area contributed by atoms with E-state index >= 15 is 0 Å². The Morgan fingerprint density at radius 1 is 1.18 bits per heavy atom. The molecule has 0 radical (unpaired) electrons. The number of rotatable bonds is 7. The number of thioether (sulfide) groups is 1. The summed E-state index contributed by atoms with van der Waals surface area (Å²) in [4.78, 5) is 12.6. The molecule has 3 rings (SSSR count). The minimum absolute atomic E-state index is 0.127. The average molecular weight is 482 g/mol. The van der Waals surface area contributed by atoms with Crippen LogP contribution < -0.4 is 4.72 Å². The SMILES string of the molecule is C[C@@H](Sc1nnc(-c2cccc(Br)c2)o1)C(=O)c1ccc(NS(C)(=O)=O)cc1. The molecule has 0 aliphatic heterocycles. The lowest BCUT2D eigenvalue weighted by molar-refractivity contribution is 0.0993. The highest BCUT2D eigenvalue weighted by atomic mass is 79.9. The highest BCUT2D eigenvalue weighted by Crippen LogP contribution is 2.29. The van der Waals surface area contributed by atoms with Crippen molar-refractivity contribution in [3.8, 4) is 11.5 Å². The van der Waals surface area contributed by atoms with E-state index in [1.807, 2.05) is 24.3 Å². The molecule has 3 aromatic rings. The molecule has 0 unspecified atom stereocenters. The molecule has 1 aromatic heterocycles. The van der Waals surface area contributed by atoms with Crippen LogP contribution in [0.15, 0.2) is 62.6 Å². The van der Waals surface area contributed by atoms with Gasteiger partial charge < -0.3 is 4.42 Å². The Morgan fingerprint density at radius 2 is 1.89 bits per heavy atom. The zero-order chi connectivity index (χ0) is 20.3. The van der Waals surface area contributed by atoms with Gasteiger partial charge >= 0.3 is 0 Å². The van der Waals surface area contributed by atoms with E-state index in [9.17, 15) is 13.2 Å². The fraction of sp³-hybridized carbons (Fsp3) is 0.167. The first-order valence-electron chi connectivity index (χ1n) is 8.09. The van der Waals surface area contributed by atoms with Gasteiger partial charge in [-0.1, -0.05) is 33.8 Å². The summed E-state index contributed by atoms with van der Waals surface area (Å²) in [5.41, 5.74) is 1.64. The third kappa shape index (κ3) is 5.43.